The van der Waals surface area contributed by atoms with E-state index in [9.17, 15) is 4.79 Å². The van der Waals surface area contributed by atoms with Crippen LogP contribution in [0.5, 0.6) is 0 Å². The number of amides is 1. The second-order valence-corrected chi connectivity index (χ2v) is 5.48. The summed E-state index contributed by atoms with van der Waals surface area (Å²) in [6.45, 7) is 0. The summed E-state index contributed by atoms with van der Waals surface area (Å²) in [7, 11) is 0. The highest BCUT2D eigenvalue weighted by Gasteiger charge is 2.08. The van der Waals surface area contributed by atoms with Crippen LogP contribution >= 0.6 is 27.3 Å². The number of nitrogens with one attached hydrogen (secondary N) is 1. The lowest BCUT2D eigenvalue weighted by atomic mass is 10.3. The maximum atomic E-state index is 11.8. The summed E-state index contributed by atoms with van der Waals surface area (Å²) in [4.78, 5) is 19.9. The Bertz CT molecular complexity index is 707. The number of aromatic nitrogens is 3. The Hall–Kier alpha value is -1.73. The number of thiazole rings is 1. The van der Waals surface area contributed by atoms with E-state index in [0.29, 0.717) is 5.13 Å². The zero-order valence-electron chi connectivity index (χ0n) is 9.00. The van der Waals surface area contributed by atoms with Crippen LogP contribution in [0.2, 0.25) is 0 Å². The number of hydrogen-bond donors (Lipinski definition) is 1. The number of carbonyl (C=O) groups excluding carboxylic acids is 1. The van der Waals surface area contributed by atoms with Gasteiger partial charge in [-0.3, -0.25) is 9.88 Å². The second-order valence-electron chi connectivity index (χ2n) is 3.53. The van der Waals surface area contributed by atoms with E-state index in [1.807, 2.05) is 18.2 Å². The fraction of sp³-hybridized carbons (Fsp3) is 0. The molecule has 5 nitrogen and oxygen atoms in total. The molecule has 0 saturated carbocycles. The maximum absolute atomic E-state index is 11.8. The molecule has 2 aromatic heterocycles. The summed E-state index contributed by atoms with van der Waals surface area (Å²) in [5.74, 6) is 0. The van der Waals surface area contributed by atoms with E-state index in [-0.39, 0.29) is 6.03 Å². The third-order valence-corrected chi connectivity index (χ3v) is 3.73. The summed E-state index contributed by atoms with van der Waals surface area (Å²) >= 11 is 4.83. The summed E-state index contributed by atoms with van der Waals surface area (Å²) in [6.07, 6.45) is 4.58. The second kappa shape index (κ2) is 4.51. The lowest BCUT2D eigenvalue weighted by molar-refractivity contribution is 0.253. The van der Waals surface area contributed by atoms with Crippen molar-refractivity contribution < 1.29 is 4.79 Å². The van der Waals surface area contributed by atoms with Gasteiger partial charge in [0.25, 0.3) is 0 Å². The molecule has 0 bridgehead atoms. The van der Waals surface area contributed by atoms with Crippen LogP contribution in [-0.4, -0.2) is 20.6 Å². The van der Waals surface area contributed by atoms with Crippen molar-refractivity contribution in [1.29, 1.82) is 0 Å². The van der Waals surface area contributed by atoms with Gasteiger partial charge in [0.2, 0.25) is 0 Å². The Balaban J connectivity index is 1.89. The monoisotopic (exact) mass is 322 g/mol. The SMILES string of the molecule is O=C(Nc1nc2ccc(Br)cc2s1)n1ccnc1. The van der Waals surface area contributed by atoms with Gasteiger partial charge in [-0.2, -0.15) is 0 Å². The number of fused-ring (bicyclic) bond motifs is 1. The molecule has 3 aromatic rings. The van der Waals surface area contributed by atoms with Gasteiger partial charge in [-0.25, -0.2) is 14.8 Å². The quantitative estimate of drug-likeness (QED) is 0.747. The number of rotatable bonds is 1. The predicted octanol–water partition coefficient (Wildman–Crippen LogP) is 3.34. The molecule has 0 atom stereocenters. The Morgan fingerprint density at radius 1 is 1.44 bits per heavy atom. The minimum Gasteiger partial charge on any atom is -0.283 e. The van der Waals surface area contributed by atoms with Crippen LogP contribution in [0.1, 0.15) is 0 Å². The van der Waals surface area contributed by atoms with Gasteiger partial charge >= 0.3 is 6.03 Å². The first-order chi connectivity index (χ1) is 8.72. The Morgan fingerprint density at radius 2 is 2.33 bits per heavy atom. The van der Waals surface area contributed by atoms with Crippen molar-refractivity contribution in [3.63, 3.8) is 0 Å². The summed E-state index contributed by atoms with van der Waals surface area (Å²) in [5, 5.41) is 3.30. The van der Waals surface area contributed by atoms with Gasteiger partial charge in [0.05, 0.1) is 10.2 Å². The molecule has 1 amide bonds. The van der Waals surface area contributed by atoms with Crippen LogP contribution in [0.3, 0.4) is 0 Å². The fourth-order valence-corrected chi connectivity index (χ4v) is 2.89. The van der Waals surface area contributed by atoms with Gasteiger partial charge in [-0.15, -0.1) is 0 Å². The molecular formula is C11H7BrN4OS. The van der Waals surface area contributed by atoms with Gasteiger partial charge in [-0.1, -0.05) is 27.3 Å². The van der Waals surface area contributed by atoms with Gasteiger partial charge < -0.3 is 0 Å². The molecule has 2 heterocycles. The first kappa shape index (κ1) is 11.4. The van der Waals surface area contributed by atoms with E-state index in [4.69, 9.17) is 0 Å². The Morgan fingerprint density at radius 3 is 3.11 bits per heavy atom. The molecule has 0 saturated heterocycles. The van der Waals surface area contributed by atoms with E-state index < -0.39 is 0 Å². The molecule has 0 aliphatic heterocycles. The first-order valence-electron chi connectivity index (χ1n) is 5.08. The van der Waals surface area contributed by atoms with E-state index >= 15 is 0 Å². The molecule has 18 heavy (non-hydrogen) atoms. The molecule has 3 rings (SSSR count). The zero-order valence-corrected chi connectivity index (χ0v) is 11.4. The lowest BCUT2D eigenvalue weighted by Crippen LogP contribution is -2.17. The number of hydrogen-bond acceptors (Lipinski definition) is 4. The van der Waals surface area contributed by atoms with E-state index in [0.717, 1.165) is 14.7 Å². The first-order valence-corrected chi connectivity index (χ1v) is 6.69. The smallest absolute Gasteiger partial charge is 0.283 e. The van der Waals surface area contributed by atoms with Crippen molar-refractivity contribution in [2.24, 2.45) is 0 Å². The highest BCUT2D eigenvalue weighted by molar-refractivity contribution is 9.10. The topological polar surface area (TPSA) is 59.8 Å². The van der Waals surface area contributed by atoms with Crippen molar-refractivity contribution in [1.82, 2.24) is 14.5 Å². The molecule has 0 spiro atoms. The third-order valence-electron chi connectivity index (χ3n) is 2.30. The molecule has 1 N–H and O–H groups in total. The van der Waals surface area contributed by atoms with Crippen molar-refractivity contribution in [3.8, 4) is 0 Å². The summed E-state index contributed by atoms with van der Waals surface area (Å²) < 4.78 is 3.37. The number of imidazole rings is 1. The fourth-order valence-electron chi connectivity index (χ4n) is 1.49. The average molecular weight is 323 g/mol. The van der Waals surface area contributed by atoms with Crippen LogP contribution in [0.4, 0.5) is 9.93 Å². The number of carbonyl (C=O) groups is 1. The zero-order chi connectivity index (χ0) is 12.5. The van der Waals surface area contributed by atoms with Crippen molar-refractivity contribution >= 4 is 48.6 Å². The minimum atomic E-state index is -0.273. The predicted molar refractivity (Wildman–Crippen MR) is 74.0 cm³/mol. The molecule has 1 aromatic carbocycles. The van der Waals surface area contributed by atoms with Gasteiger partial charge in [-0.05, 0) is 18.2 Å². The highest BCUT2D eigenvalue weighted by Crippen LogP contribution is 2.28. The minimum absolute atomic E-state index is 0.273. The average Bonchev–Trinajstić information content (AvgIpc) is 2.95. The molecule has 0 aliphatic carbocycles. The molecule has 0 fully saturated rings. The Labute approximate surface area is 115 Å². The van der Waals surface area contributed by atoms with Gasteiger partial charge in [0.1, 0.15) is 6.33 Å². The van der Waals surface area contributed by atoms with Crippen LogP contribution in [0.25, 0.3) is 10.2 Å². The number of anilines is 1. The number of benzene rings is 1. The maximum Gasteiger partial charge on any atom is 0.333 e. The van der Waals surface area contributed by atoms with Crippen molar-refractivity contribution in [2.45, 2.75) is 0 Å². The van der Waals surface area contributed by atoms with Gasteiger partial charge in [0.15, 0.2) is 5.13 Å². The normalized spacial score (nSPS) is 10.7. The highest BCUT2D eigenvalue weighted by atomic mass is 79.9. The molecule has 0 radical (unpaired) electrons. The van der Waals surface area contributed by atoms with E-state index in [2.05, 4.69) is 31.2 Å². The third kappa shape index (κ3) is 2.14. The molecular weight excluding hydrogens is 316 g/mol. The van der Waals surface area contributed by atoms with E-state index in [1.54, 1.807) is 12.4 Å². The summed E-state index contributed by atoms with van der Waals surface area (Å²) in [6, 6.07) is 5.53. The standard InChI is InChI=1S/C11H7BrN4OS/c12-7-1-2-8-9(5-7)18-10(14-8)15-11(17)16-4-3-13-6-16/h1-6H,(H,14,15,17). The lowest BCUT2D eigenvalue weighted by Gasteiger charge is -1.99. The Kier molecular flexibility index (Phi) is 2.85. The number of nitrogens with zero attached hydrogens (tertiary/aromatic N) is 3. The number of halogens is 1. The summed E-state index contributed by atoms with van der Waals surface area (Å²) in [5.41, 5.74) is 0.865. The van der Waals surface area contributed by atoms with Crippen LogP contribution < -0.4 is 5.32 Å². The molecule has 0 aliphatic rings. The van der Waals surface area contributed by atoms with Crippen molar-refractivity contribution in [2.75, 3.05) is 5.32 Å². The molecule has 0 unspecified atom stereocenters. The van der Waals surface area contributed by atoms with Gasteiger partial charge in [0, 0.05) is 16.9 Å². The van der Waals surface area contributed by atoms with Crippen LogP contribution in [-0.2, 0) is 0 Å². The largest absolute Gasteiger partial charge is 0.333 e. The molecule has 90 valence electrons. The molecule has 7 heteroatoms. The van der Waals surface area contributed by atoms with Crippen molar-refractivity contribution in [3.05, 3.63) is 41.4 Å². The van der Waals surface area contributed by atoms with E-state index in [1.165, 1.54) is 22.2 Å². The van der Waals surface area contributed by atoms with Crippen LogP contribution in [0, 0.1) is 0 Å². The van der Waals surface area contributed by atoms with Crippen LogP contribution in [0.15, 0.2) is 41.4 Å².